The van der Waals surface area contributed by atoms with Crippen LogP contribution >= 0.6 is 0 Å². The molecule has 1 aliphatic rings. The SMILES string of the molecule is CC(C)n1c(=O)n(-c2cc(OC(C)(F)C(F)F)ccn2)c2ccc(C(=O)CC3(C)CCS(=O)(=O)CC3)cc21. The molecule has 1 atom stereocenters. The second-order valence-electron chi connectivity index (χ2n) is 10.6. The fourth-order valence-electron chi connectivity index (χ4n) is 4.67. The second-order valence-corrected chi connectivity index (χ2v) is 12.9. The molecule has 0 N–H and O–H groups in total. The van der Waals surface area contributed by atoms with Gasteiger partial charge >= 0.3 is 18.0 Å². The summed E-state index contributed by atoms with van der Waals surface area (Å²) >= 11 is 0. The molecule has 38 heavy (non-hydrogen) atoms. The van der Waals surface area contributed by atoms with E-state index in [0.717, 1.165) is 0 Å². The van der Waals surface area contributed by atoms with Gasteiger partial charge < -0.3 is 4.74 Å². The van der Waals surface area contributed by atoms with E-state index in [1.807, 2.05) is 6.92 Å². The van der Waals surface area contributed by atoms with Gasteiger partial charge in [0.2, 0.25) is 0 Å². The molecule has 4 rings (SSSR count). The van der Waals surface area contributed by atoms with Gasteiger partial charge in [0, 0.05) is 37.2 Å². The van der Waals surface area contributed by atoms with Crippen LogP contribution < -0.4 is 10.4 Å². The largest absolute Gasteiger partial charge is 0.452 e. The first-order chi connectivity index (χ1) is 17.6. The van der Waals surface area contributed by atoms with Crippen LogP contribution in [0.4, 0.5) is 13.2 Å². The van der Waals surface area contributed by atoms with E-state index in [1.165, 1.54) is 27.5 Å². The minimum Gasteiger partial charge on any atom is -0.452 e. The molecule has 0 radical (unpaired) electrons. The Morgan fingerprint density at radius 2 is 1.82 bits per heavy atom. The standard InChI is InChI=1S/C26H30F3N3O5S/c1-16(2)31-20-13-17(21(33)15-25(3)8-11-38(35,36)12-9-25)5-6-19(20)32(24(31)34)22-14-18(7-10-30-22)37-26(4,29)23(27)28/h5-7,10,13-14,16,23H,8-9,11-12,15H2,1-4H3. The number of hydrogen-bond donors (Lipinski definition) is 0. The number of ketones is 1. The quantitative estimate of drug-likeness (QED) is 0.369. The Hall–Kier alpha value is -3.15. The minimum absolute atomic E-state index is 0.0389. The number of benzene rings is 1. The molecule has 1 fully saturated rings. The Labute approximate surface area is 218 Å². The van der Waals surface area contributed by atoms with Crippen LogP contribution in [0, 0.1) is 5.41 Å². The zero-order valence-electron chi connectivity index (χ0n) is 21.6. The molecular formula is C26H30F3N3O5S. The van der Waals surface area contributed by atoms with Gasteiger partial charge in [0.25, 0.3) is 0 Å². The van der Waals surface area contributed by atoms with Crippen LogP contribution in [0.25, 0.3) is 16.9 Å². The average Bonchev–Trinajstić information content (AvgIpc) is 3.12. The Morgan fingerprint density at radius 3 is 2.42 bits per heavy atom. The first-order valence-electron chi connectivity index (χ1n) is 12.3. The van der Waals surface area contributed by atoms with Gasteiger partial charge in [-0.2, -0.15) is 4.39 Å². The van der Waals surface area contributed by atoms with E-state index >= 15 is 0 Å². The lowest BCUT2D eigenvalue weighted by Crippen LogP contribution is -2.35. The van der Waals surface area contributed by atoms with Gasteiger partial charge in [-0.05, 0) is 56.4 Å². The predicted octanol–water partition coefficient (Wildman–Crippen LogP) is 4.89. The molecule has 12 heteroatoms. The number of sulfone groups is 1. The average molecular weight is 554 g/mol. The van der Waals surface area contributed by atoms with Crippen LogP contribution in [0.2, 0.25) is 0 Å². The number of halogens is 3. The molecule has 0 spiro atoms. The van der Waals surface area contributed by atoms with Crippen LogP contribution in [0.5, 0.6) is 5.75 Å². The smallest absolute Gasteiger partial charge is 0.335 e. The zero-order chi connectivity index (χ0) is 28.0. The third-order valence-corrected chi connectivity index (χ3v) is 8.64. The van der Waals surface area contributed by atoms with E-state index in [-0.39, 0.29) is 41.3 Å². The summed E-state index contributed by atoms with van der Waals surface area (Å²) in [5, 5.41) is 0. The van der Waals surface area contributed by atoms with E-state index in [4.69, 9.17) is 4.74 Å². The molecule has 3 heterocycles. The van der Waals surface area contributed by atoms with E-state index < -0.39 is 33.2 Å². The highest BCUT2D eigenvalue weighted by molar-refractivity contribution is 7.91. The summed E-state index contributed by atoms with van der Waals surface area (Å²) in [5.74, 6) is -3.47. The van der Waals surface area contributed by atoms with Crippen molar-refractivity contribution in [3.05, 3.63) is 52.6 Å². The lowest BCUT2D eigenvalue weighted by atomic mass is 9.78. The Kier molecular flexibility index (Phi) is 7.24. The molecule has 0 aliphatic carbocycles. The predicted molar refractivity (Wildman–Crippen MR) is 137 cm³/mol. The molecule has 0 saturated carbocycles. The number of carbonyl (C=O) groups excluding carboxylic acids is 1. The number of pyridine rings is 1. The number of carbonyl (C=O) groups is 1. The number of rotatable bonds is 8. The van der Waals surface area contributed by atoms with Gasteiger partial charge in [-0.3, -0.25) is 9.36 Å². The maximum absolute atomic E-state index is 14.1. The van der Waals surface area contributed by atoms with Crippen LogP contribution in [-0.4, -0.2) is 52.1 Å². The number of nitrogens with zero attached hydrogens (tertiary/aromatic N) is 3. The maximum Gasteiger partial charge on any atom is 0.335 e. The number of imidazole rings is 1. The first kappa shape index (κ1) is 27.9. The van der Waals surface area contributed by atoms with Crippen molar-refractivity contribution in [3.63, 3.8) is 0 Å². The highest BCUT2D eigenvalue weighted by Crippen LogP contribution is 2.37. The summed E-state index contributed by atoms with van der Waals surface area (Å²) in [6, 6.07) is 6.92. The molecule has 1 unspecified atom stereocenters. The Balaban J connectivity index is 1.73. The monoisotopic (exact) mass is 553 g/mol. The molecular weight excluding hydrogens is 523 g/mol. The summed E-state index contributed by atoms with van der Waals surface area (Å²) in [4.78, 5) is 30.9. The molecule has 0 bridgehead atoms. The molecule has 206 valence electrons. The van der Waals surface area contributed by atoms with E-state index in [1.54, 1.807) is 32.0 Å². The molecule has 1 aromatic carbocycles. The number of fused-ring (bicyclic) bond motifs is 1. The molecule has 0 amide bonds. The van der Waals surface area contributed by atoms with Crippen LogP contribution in [0.1, 0.15) is 63.4 Å². The van der Waals surface area contributed by atoms with Gasteiger partial charge in [-0.25, -0.2) is 31.5 Å². The van der Waals surface area contributed by atoms with Crippen molar-refractivity contribution in [2.24, 2.45) is 5.41 Å². The van der Waals surface area contributed by atoms with Crippen LogP contribution in [0.3, 0.4) is 0 Å². The number of ether oxygens (including phenoxy) is 1. The lowest BCUT2D eigenvalue weighted by molar-refractivity contribution is -0.152. The first-order valence-corrected chi connectivity index (χ1v) is 14.1. The summed E-state index contributed by atoms with van der Waals surface area (Å²) in [6.07, 6.45) is -1.18. The van der Waals surface area contributed by atoms with Gasteiger partial charge in [0.05, 0.1) is 22.5 Å². The minimum atomic E-state index is -3.39. The van der Waals surface area contributed by atoms with E-state index in [0.29, 0.717) is 36.4 Å². The molecule has 8 nitrogen and oxygen atoms in total. The summed E-state index contributed by atoms with van der Waals surface area (Å²) in [5.41, 5.74) is 0.341. The third kappa shape index (κ3) is 5.50. The molecule has 2 aromatic heterocycles. The second kappa shape index (κ2) is 9.87. The fourth-order valence-corrected chi connectivity index (χ4v) is 6.48. The maximum atomic E-state index is 14.1. The lowest BCUT2D eigenvalue weighted by Gasteiger charge is -2.32. The van der Waals surface area contributed by atoms with Gasteiger partial charge in [-0.1, -0.05) is 6.92 Å². The molecule has 3 aromatic rings. The van der Waals surface area contributed by atoms with E-state index in [2.05, 4.69) is 4.98 Å². The molecule has 1 saturated heterocycles. The van der Waals surface area contributed by atoms with Crippen LogP contribution in [0.15, 0.2) is 41.3 Å². The fraction of sp³-hybridized carbons (Fsp3) is 0.500. The number of hydrogen-bond acceptors (Lipinski definition) is 6. The summed E-state index contributed by atoms with van der Waals surface area (Å²) in [6.45, 7) is 6.12. The van der Waals surface area contributed by atoms with Gasteiger partial charge in [0.15, 0.2) is 5.78 Å². The van der Waals surface area contributed by atoms with Crippen LogP contribution in [-0.2, 0) is 9.84 Å². The Bertz CT molecular complexity index is 1530. The topological polar surface area (TPSA) is 100 Å². The van der Waals surface area contributed by atoms with Crippen molar-refractivity contribution >= 4 is 26.7 Å². The molecule has 1 aliphatic heterocycles. The third-order valence-electron chi connectivity index (χ3n) is 6.99. The van der Waals surface area contributed by atoms with Crippen molar-refractivity contribution in [3.8, 4) is 11.6 Å². The van der Waals surface area contributed by atoms with Gasteiger partial charge in [0.1, 0.15) is 21.4 Å². The van der Waals surface area contributed by atoms with Crippen molar-refractivity contribution in [1.29, 1.82) is 0 Å². The number of aromatic nitrogens is 3. The Morgan fingerprint density at radius 1 is 1.16 bits per heavy atom. The van der Waals surface area contributed by atoms with Crippen molar-refractivity contribution < 1.29 is 31.1 Å². The van der Waals surface area contributed by atoms with E-state index in [9.17, 15) is 31.2 Å². The van der Waals surface area contributed by atoms with Crippen molar-refractivity contribution in [2.75, 3.05) is 11.5 Å². The summed E-state index contributed by atoms with van der Waals surface area (Å²) < 4.78 is 71.2. The highest BCUT2D eigenvalue weighted by Gasteiger charge is 2.38. The normalized spacial score (nSPS) is 18.6. The summed E-state index contributed by atoms with van der Waals surface area (Å²) in [7, 11) is -3.07. The number of alkyl halides is 3. The number of Topliss-reactive ketones (excluding diaryl/α,β-unsaturated/α-hetero) is 1. The van der Waals surface area contributed by atoms with Gasteiger partial charge in [-0.15, -0.1) is 0 Å². The highest BCUT2D eigenvalue weighted by atomic mass is 32.2. The zero-order valence-corrected chi connectivity index (χ0v) is 22.4. The van der Waals surface area contributed by atoms with Crippen molar-refractivity contribution in [2.45, 2.75) is 65.3 Å². The van der Waals surface area contributed by atoms with Crippen molar-refractivity contribution in [1.82, 2.24) is 14.1 Å².